The first-order chi connectivity index (χ1) is 9.96. The molecule has 21 heavy (non-hydrogen) atoms. The third kappa shape index (κ3) is 6.44. The van der Waals surface area contributed by atoms with Crippen molar-refractivity contribution in [3.05, 3.63) is 0 Å². The fourth-order valence-corrected chi connectivity index (χ4v) is 2.46. The molecule has 0 radical (unpaired) electrons. The van der Waals surface area contributed by atoms with Crippen LogP contribution in [0, 0.1) is 0 Å². The highest BCUT2D eigenvalue weighted by Gasteiger charge is 2.23. The van der Waals surface area contributed by atoms with Crippen molar-refractivity contribution >= 4 is 11.8 Å². The van der Waals surface area contributed by atoms with Gasteiger partial charge in [-0.25, -0.2) is 0 Å². The minimum Gasteiger partial charge on any atom is -0.353 e. The maximum absolute atomic E-state index is 12.2. The van der Waals surface area contributed by atoms with Gasteiger partial charge in [0.15, 0.2) is 0 Å². The van der Waals surface area contributed by atoms with Gasteiger partial charge in [0.25, 0.3) is 0 Å². The van der Waals surface area contributed by atoms with Gasteiger partial charge >= 0.3 is 0 Å². The number of carbonyl (C=O) groups is 2. The lowest BCUT2D eigenvalue weighted by atomic mass is 10.3. The molecule has 0 unspecified atom stereocenters. The van der Waals surface area contributed by atoms with E-state index in [0.717, 1.165) is 39.3 Å². The van der Waals surface area contributed by atoms with Gasteiger partial charge in [-0.3, -0.25) is 19.4 Å². The lowest BCUT2D eigenvalue weighted by Gasteiger charge is -2.35. The summed E-state index contributed by atoms with van der Waals surface area (Å²) >= 11 is 0. The highest BCUT2D eigenvalue weighted by atomic mass is 16.2. The summed E-state index contributed by atoms with van der Waals surface area (Å²) < 4.78 is 0. The molecule has 0 aromatic rings. The minimum atomic E-state index is 0.0629. The molecule has 0 aromatic carbocycles. The average molecular weight is 298 g/mol. The van der Waals surface area contributed by atoms with Gasteiger partial charge in [0.2, 0.25) is 11.8 Å². The Labute approximate surface area is 128 Å². The van der Waals surface area contributed by atoms with E-state index in [1.165, 1.54) is 0 Å². The van der Waals surface area contributed by atoms with Crippen molar-refractivity contribution in [1.82, 2.24) is 20.0 Å². The normalized spacial score (nSPS) is 16.6. The van der Waals surface area contributed by atoms with E-state index in [-0.39, 0.29) is 17.9 Å². The van der Waals surface area contributed by atoms with Gasteiger partial charge in [-0.15, -0.1) is 0 Å². The predicted octanol–water partition coefficient (Wildman–Crippen LogP) is -0.00300. The van der Waals surface area contributed by atoms with Crippen LogP contribution in [0.15, 0.2) is 0 Å². The molecule has 1 heterocycles. The zero-order chi connectivity index (χ0) is 15.8. The van der Waals surface area contributed by atoms with Crippen molar-refractivity contribution in [3.63, 3.8) is 0 Å². The van der Waals surface area contributed by atoms with Crippen LogP contribution in [0.25, 0.3) is 0 Å². The molecule has 1 aliphatic rings. The Bertz CT molecular complexity index is 335. The molecule has 0 aliphatic carbocycles. The van der Waals surface area contributed by atoms with Crippen LogP contribution in [0.2, 0.25) is 0 Å². The number of nitrogens with one attached hydrogen (secondary N) is 1. The van der Waals surface area contributed by atoms with Crippen LogP contribution in [-0.2, 0) is 9.59 Å². The molecule has 6 nitrogen and oxygen atoms in total. The van der Waals surface area contributed by atoms with E-state index in [9.17, 15) is 9.59 Å². The largest absolute Gasteiger partial charge is 0.353 e. The smallest absolute Gasteiger partial charge is 0.236 e. The second-order valence-electron chi connectivity index (χ2n) is 5.84. The van der Waals surface area contributed by atoms with Crippen LogP contribution in [-0.4, -0.2) is 84.9 Å². The van der Waals surface area contributed by atoms with Crippen LogP contribution in [0.4, 0.5) is 0 Å². The molecule has 122 valence electrons. The fraction of sp³-hybridized carbons (Fsp3) is 0.867. The van der Waals surface area contributed by atoms with Crippen LogP contribution in [0.1, 0.15) is 27.7 Å². The van der Waals surface area contributed by atoms with Crippen LogP contribution < -0.4 is 5.32 Å². The summed E-state index contributed by atoms with van der Waals surface area (Å²) in [5, 5.41) is 2.90. The fourth-order valence-electron chi connectivity index (χ4n) is 2.46. The quantitative estimate of drug-likeness (QED) is 0.719. The number of likely N-dealkylation sites (N-methyl/N-ethyl adjacent to an activating group) is 1. The standard InChI is InChI=1S/C15H30N4O2/c1-5-17(6-2)12-15(21)19-9-7-18(8-10-19)11-14(20)16-13(3)4/h13H,5-12H2,1-4H3,(H,16,20). The lowest BCUT2D eigenvalue weighted by molar-refractivity contribution is -0.134. The van der Waals surface area contributed by atoms with Crippen LogP contribution >= 0.6 is 0 Å². The SMILES string of the molecule is CCN(CC)CC(=O)N1CCN(CC(=O)NC(C)C)CC1. The second-order valence-corrected chi connectivity index (χ2v) is 5.84. The summed E-state index contributed by atoms with van der Waals surface area (Å²) in [6.07, 6.45) is 0. The summed E-state index contributed by atoms with van der Waals surface area (Å²) in [4.78, 5) is 30.1. The Hall–Kier alpha value is -1.14. The van der Waals surface area contributed by atoms with Crippen molar-refractivity contribution in [2.45, 2.75) is 33.7 Å². The minimum absolute atomic E-state index is 0.0629. The number of rotatable bonds is 7. The van der Waals surface area contributed by atoms with Gasteiger partial charge < -0.3 is 10.2 Å². The summed E-state index contributed by atoms with van der Waals surface area (Å²) in [5.41, 5.74) is 0. The van der Waals surface area contributed by atoms with E-state index in [0.29, 0.717) is 13.1 Å². The van der Waals surface area contributed by atoms with Crippen molar-refractivity contribution in [3.8, 4) is 0 Å². The van der Waals surface area contributed by atoms with E-state index in [1.54, 1.807) is 0 Å². The Balaban J connectivity index is 2.31. The van der Waals surface area contributed by atoms with Crippen molar-refractivity contribution in [2.24, 2.45) is 0 Å². The Kier molecular flexibility index (Phi) is 7.67. The van der Waals surface area contributed by atoms with Gasteiger partial charge in [0.05, 0.1) is 13.1 Å². The van der Waals surface area contributed by atoms with Gasteiger partial charge in [-0.2, -0.15) is 0 Å². The van der Waals surface area contributed by atoms with Crippen molar-refractivity contribution in [2.75, 3.05) is 52.4 Å². The average Bonchev–Trinajstić information content (AvgIpc) is 2.44. The van der Waals surface area contributed by atoms with Crippen LogP contribution in [0.3, 0.4) is 0 Å². The number of hydrogen-bond acceptors (Lipinski definition) is 4. The third-order valence-corrected chi connectivity index (χ3v) is 3.80. The van der Waals surface area contributed by atoms with Gasteiger partial charge in [-0.05, 0) is 26.9 Å². The zero-order valence-corrected chi connectivity index (χ0v) is 13.9. The first-order valence-electron chi connectivity index (χ1n) is 7.98. The second kappa shape index (κ2) is 9.00. The van der Waals surface area contributed by atoms with E-state index >= 15 is 0 Å². The van der Waals surface area contributed by atoms with E-state index < -0.39 is 0 Å². The van der Waals surface area contributed by atoms with E-state index in [1.807, 2.05) is 18.7 Å². The highest BCUT2D eigenvalue weighted by molar-refractivity contribution is 5.79. The summed E-state index contributed by atoms with van der Waals surface area (Å²) in [6.45, 7) is 13.8. The molecule has 0 aromatic heterocycles. The maximum Gasteiger partial charge on any atom is 0.236 e. The van der Waals surface area contributed by atoms with Gasteiger partial charge in [0, 0.05) is 32.2 Å². The first-order valence-corrected chi connectivity index (χ1v) is 7.98. The molecule has 1 fully saturated rings. The molecule has 2 amide bonds. The monoisotopic (exact) mass is 298 g/mol. The lowest BCUT2D eigenvalue weighted by Crippen LogP contribution is -2.53. The molecule has 6 heteroatoms. The Morgan fingerprint density at radius 3 is 2.14 bits per heavy atom. The van der Waals surface area contributed by atoms with Gasteiger partial charge in [-0.1, -0.05) is 13.8 Å². The summed E-state index contributed by atoms with van der Waals surface area (Å²) in [7, 11) is 0. The van der Waals surface area contributed by atoms with Gasteiger partial charge in [0.1, 0.15) is 0 Å². The van der Waals surface area contributed by atoms with E-state index in [2.05, 4.69) is 29.0 Å². The van der Waals surface area contributed by atoms with Crippen molar-refractivity contribution < 1.29 is 9.59 Å². The topological polar surface area (TPSA) is 55.9 Å². The molecule has 1 saturated heterocycles. The molecule has 0 saturated carbocycles. The molecule has 1 aliphatic heterocycles. The van der Waals surface area contributed by atoms with Crippen molar-refractivity contribution in [1.29, 1.82) is 0 Å². The Morgan fingerprint density at radius 1 is 1.10 bits per heavy atom. The molecular formula is C15H30N4O2. The van der Waals surface area contributed by atoms with Crippen LogP contribution in [0.5, 0.6) is 0 Å². The van der Waals surface area contributed by atoms with E-state index in [4.69, 9.17) is 0 Å². The Morgan fingerprint density at radius 2 is 1.67 bits per heavy atom. The molecule has 1 N–H and O–H groups in total. The zero-order valence-electron chi connectivity index (χ0n) is 13.9. The molecule has 0 atom stereocenters. The number of carbonyl (C=O) groups excluding carboxylic acids is 2. The molecule has 0 bridgehead atoms. The molecule has 0 spiro atoms. The number of nitrogens with zero attached hydrogens (tertiary/aromatic N) is 3. The molecular weight excluding hydrogens is 268 g/mol. The summed E-state index contributed by atoms with van der Waals surface area (Å²) in [6, 6.07) is 0.175. The number of piperazine rings is 1. The first kappa shape index (κ1) is 17.9. The highest BCUT2D eigenvalue weighted by Crippen LogP contribution is 2.03. The number of hydrogen-bond donors (Lipinski definition) is 1. The molecule has 1 rings (SSSR count). The summed E-state index contributed by atoms with van der Waals surface area (Å²) in [5.74, 6) is 0.262. The predicted molar refractivity (Wildman–Crippen MR) is 84.1 cm³/mol. The number of amides is 2. The maximum atomic E-state index is 12.2. The third-order valence-electron chi connectivity index (χ3n) is 3.80.